The van der Waals surface area contributed by atoms with E-state index in [4.69, 9.17) is 10.5 Å². The molecule has 0 amide bonds. The average molecular weight is 259 g/mol. The molecule has 0 saturated carbocycles. The minimum Gasteiger partial charge on any atom is -0.491 e. The molecule has 0 aliphatic heterocycles. The van der Waals surface area contributed by atoms with Gasteiger partial charge in [0.05, 0.1) is 11.8 Å². The van der Waals surface area contributed by atoms with E-state index >= 15 is 0 Å². The second kappa shape index (κ2) is 5.89. The van der Waals surface area contributed by atoms with E-state index in [0.717, 1.165) is 34.9 Å². The molecule has 1 aromatic heterocycles. The SMILES string of the molecule is Cc1[nH]c(CCN)nc1-c1ccc(OC(C)C)cc1. The third-order valence-electron chi connectivity index (χ3n) is 2.81. The molecule has 2 rings (SSSR count). The summed E-state index contributed by atoms with van der Waals surface area (Å²) in [5, 5.41) is 0. The fourth-order valence-corrected chi connectivity index (χ4v) is 2.02. The van der Waals surface area contributed by atoms with Gasteiger partial charge in [-0.1, -0.05) is 0 Å². The van der Waals surface area contributed by atoms with Gasteiger partial charge in [0.25, 0.3) is 0 Å². The van der Waals surface area contributed by atoms with Crippen molar-refractivity contribution < 1.29 is 4.74 Å². The predicted octanol–water partition coefficient (Wildman–Crippen LogP) is 2.67. The monoisotopic (exact) mass is 259 g/mol. The van der Waals surface area contributed by atoms with Crippen LogP contribution in [0.1, 0.15) is 25.4 Å². The van der Waals surface area contributed by atoms with E-state index in [1.54, 1.807) is 0 Å². The summed E-state index contributed by atoms with van der Waals surface area (Å²) in [5.41, 5.74) is 8.70. The first-order valence-corrected chi connectivity index (χ1v) is 6.62. The zero-order chi connectivity index (χ0) is 13.8. The number of aromatic amines is 1. The molecule has 4 heteroatoms. The molecular weight excluding hydrogens is 238 g/mol. The second-order valence-corrected chi connectivity index (χ2v) is 4.89. The number of rotatable bonds is 5. The quantitative estimate of drug-likeness (QED) is 0.867. The van der Waals surface area contributed by atoms with Crippen LogP contribution in [0.25, 0.3) is 11.3 Å². The molecule has 1 aromatic carbocycles. The molecule has 0 radical (unpaired) electrons. The standard InChI is InChI=1S/C15H21N3O/c1-10(2)19-13-6-4-12(5-7-13)15-11(3)17-14(18-15)8-9-16/h4-7,10H,8-9,16H2,1-3H3,(H,17,18). The minimum absolute atomic E-state index is 0.189. The van der Waals surface area contributed by atoms with Gasteiger partial charge in [0.1, 0.15) is 11.6 Å². The highest BCUT2D eigenvalue weighted by atomic mass is 16.5. The number of aromatic nitrogens is 2. The van der Waals surface area contributed by atoms with Crippen LogP contribution in [-0.2, 0) is 6.42 Å². The summed E-state index contributed by atoms with van der Waals surface area (Å²) in [6, 6.07) is 8.03. The Morgan fingerprint density at radius 1 is 1.26 bits per heavy atom. The van der Waals surface area contributed by atoms with Crippen LogP contribution in [0.2, 0.25) is 0 Å². The number of H-pyrrole nitrogens is 1. The molecule has 0 bridgehead atoms. The first kappa shape index (κ1) is 13.6. The summed E-state index contributed by atoms with van der Waals surface area (Å²) in [6.45, 7) is 6.67. The van der Waals surface area contributed by atoms with Crippen molar-refractivity contribution in [2.75, 3.05) is 6.54 Å². The largest absolute Gasteiger partial charge is 0.491 e. The number of imidazole rings is 1. The lowest BCUT2D eigenvalue weighted by molar-refractivity contribution is 0.242. The molecule has 19 heavy (non-hydrogen) atoms. The van der Waals surface area contributed by atoms with Crippen LogP contribution in [-0.4, -0.2) is 22.6 Å². The molecule has 0 aliphatic rings. The first-order chi connectivity index (χ1) is 9.10. The van der Waals surface area contributed by atoms with Gasteiger partial charge in [-0.15, -0.1) is 0 Å². The maximum absolute atomic E-state index is 5.63. The van der Waals surface area contributed by atoms with E-state index in [1.165, 1.54) is 0 Å². The van der Waals surface area contributed by atoms with Gasteiger partial charge in [0.2, 0.25) is 0 Å². The van der Waals surface area contributed by atoms with Crippen molar-refractivity contribution in [2.24, 2.45) is 5.73 Å². The number of nitrogens with two attached hydrogens (primary N) is 1. The Balaban J connectivity index is 2.21. The Kier molecular flexibility index (Phi) is 4.22. The van der Waals surface area contributed by atoms with Gasteiger partial charge < -0.3 is 15.5 Å². The highest BCUT2D eigenvalue weighted by Gasteiger charge is 2.08. The summed E-state index contributed by atoms with van der Waals surface area (Å²) in [4.78, 5) is 7.85. The van der Waals surface area contributed by atoms with Gasteiger partial charge in [-0.2, -0.15) is 0 Å². The van der Waals surface area contributed by atoms with Crippen molar-refractivity contribution >= 4 is 0 Å². The predicted molar refractivity (Wildman–Crippen MR) is 77.3 cm³/mol. The normalized spacial score (nSPS) is 11.0. The van der Waals surface area contributed by atoms with E-state index in [9.17, 15) is 0 Å². The third kappa shape index (κ3) is 3.35. The Hall–Kier alpha value is -1.81. The fourth-order valence-electron chi connectivity index (χ4n) is 2.02. The maximum Gasteiger partial charge on any atom is 0.119 e. The highest BCUT2D eigenvalue weighted by Crippen LogP contribution is 2.24. The molecule has 0 aliphatic carbocycles. The van der Waals surface area contributed by atoms with Gasteiger partial charge in [-0.05, 0) is 51.6 Å². The summed E-state index contributed by atoms with van der Waals surface area (Å²) in [7, 11) is 0. The summed E-state index contributed by atoms with van der Waals surface area (Å²) < 4.78 is 5.63. The number of aryl methyl sites for hydroxylation is 1. The van der Waals surface area contributed by atoms with Crippen LogP contribution < -0.4 is 10.5 Å². The molecule has 0 unspecified atom stereocenters. The molecule has 0 atom stereocenters. The lowest BCUT2D eigenvalue weighted by atomic mass is 10.1. The van der Waals surface area contributed by atoms with Crippen LogP contribution >= 0.6 is 0 Å². The van der Waals surface area contributed by atoms with Gasteiger partial charge in [-0.3, -0.25) is 0 Å². The molecule has 1 heterocycles. The summed E-state index contributed by atoms with van der Waals surface area (Å²) in [5.74, 6) is 1.83. The van der Waals surface area contributed by atoms with Crippen LogP contribution in [0, 0.1) is 6.92 Å². The van der Waals surface area contributed by atoms with Crippen molar-refractivity contribution in [1.82, 2.24) is 9.97 Å². The molecule has 4 nitrogen and oxygen atoms in total. The van der Waals surface area contributed by atoms with Gasteiger partial charge in [0, 0.05) is 17.7 Å². The average Bonchev–Trinajstić information content (AvgIpc) is 2.71. The smallest absolute Gasteiger partial charge is 0.119 e. The number of hydrogen-bond acceptors (Lipinski definition) is 3. The van der Waals surface area contributed by atoms with E-state index in [2.05, 4.69) is 9.97 Å². The number of nitrogens with one attached hydrogen (secondary N) is 1. The lowest BCUT2D eigenvalue weighted by Crippen LogP contribution is -2.05. The number of benzene rings is 1. The highest BCUT2D eigenvalue weighted by molar-refractivity contribution is 5.62. The molecule has 102 valence electrons. The number of hydrogen-bond donors (Lipinski definition) is 2. The van der Waals surface area contributed by atoms with Crippen molar-refractivity contribution in [3.05, 3.63) is 35.8 Å². The van der Waals surface area contributed by atoms with Crippen LogP contribution in [0.15, 0.2) is 24.3 Å². The summed E-state index contributed by atoms with van der Waals surface area (Å²) >= 11 is 0. The van der Waals surface area contributed by atoms with Crippen molar-refractivity contribution in [3.8, 4) is 17.0 Å². The minimum atomic E-state index is 0.189. The third-order valence-corrected chi connectivity index (χ3v) is 2.81. The zero-order valence-electron chi connectivity index (χ0n) is 11.7. The van der Waals surface area contributed by atoms with Crippen LogP contribution in [0.5, 0.6) is 5.75 Å². The number of ether oxygens (including phenoxy) is 1. The molecule has 0 spiro atoms. The van der Waals surface area contributed by atoms with Crippen molar-refractivity contribution in [1.29, 1.82) is 0 Å². The lowest BCUT2D eigenvalue weighted by Gasteiger charge is -2.09. The van der Waals surface area contributed by atoms with E-state index in [0.29, 0.717) is 6.54 Å². The number of nitrogens with zero attached hydrogens (tertiary/aromatic N) is 1. The van der Waals surface area contributed by atoms with Gasteiger partial charge >= 0.3 is 0 Å². The second-order valence-electron chi connectivity index (χ2n) is 4.89. The molecule has 0 saturated heterocycles. The van der Waals surface area contributed by atoms with Gasteiger partial charge in [0.15, 0.2) is 0 Å². The molecular formula is C15H21N3O. The topological polar surface area (TPSA) is 63.9 Å². The summed E-state index contributed by atoms with van der Waals surface area (Å²) in [6.07, 6.45) is 0.962. The Bertz CT molecular complexity index is 529. The fraction of sp³-hybridized carbons (Fsp3) is 0.400. The van der Waals surface area contributed by atoms with E-state index in [1.807, 2.05) is 45.0 Å². The van der Waals surface area contributed by atoms with Crippen molar-refractivity contribution in [2.45, 2.75) is 33.3 Å². The molecule has 3 N–H and O–H groups in total. The Morgan fingerprint density at radius 3 is 2.53 bits per heavy atom. The Morgan fingerprint density at radius 2 is 1.95 bits per heavy atom. The molecule has 2 aromatic rings. The molecule has 0 fully saturated rings. The maximum atomic E-state index is 5.63. The first-order valence-electron chi connectivity index (χ1n) is 6.62. The van der Waals surface area contributed by atoms with Crippen molar-refractivity contribution in [3.63, 3.8) is 0 Å². The zero-order valence-corrected chi connectivity index (χ0v) is 11.7. The van der Waals surface area contributed by atoms with Crippen LogP contribution in [0.3, 0.4) is 0 Å². The van der Waals surface area contributed by atoms with E-state index < -0.39 is 0 Å². The van der Waals surface area contributed by atoms with Gasteiger partial charge in [-0.25, -0.2) is 4.98 Å². The van der Waals surface area contributed by atoms with Crippen LogP contribution in [0.4, 0.5) is 0 Å². The Labute approximate surface area is 114 Å². The van der Waals surface area contributed by atoms with E-state index in [-0.39, 0.29) is 6.10 Å².